The highest BCUT2D eigenvalue weighted by Crippen LogP contribution is 2.34. The van der Waals surface area contributed by atoms with Gasteiger partial charge in [-0.2, -0.15) is 11.8 Å². The molecule has 1 aliphatic rings. The molecule has 0 aliphatic carbocycles. The number of hydrogen-bond acceptors (Lipinski definition) is 11. The van der Waals surface area contributed by atoms with E-state index in [0.29, 0.717) is 17.1 Å². The van der Waals surface area contributed by atoms with Crippen LogP contribution < -0.4 is 11.2 Å². The fourth-order valence-electron chi connectivity index (χ4n) is 4.46. The third-order valence-corrected chi connectivity index (χ3v) is 8.60. The molecule has 0 unspecified atom stereocenters. The number of rotatable bonds is 14. The van der Waals surface area contributed by atoms with Crippen LogP contribution in [0.15, 0.2) is 42.5 Å². The van der Waals surface area contributed by atoms with Crippen molar-refractivity contribution >= 4 is 40.9 Å². The molecule has 41 heavy (non-hydrogen) atoms. The Hall–Kier alpha value is -2.56. The summed E-state index contributed by atoms with van der Waals surface area (Å²) in [5.74, 6) is 2.49. The molecule has 7 N–H and O–H groups in total. The quantitative estimate of drug-likeness (QED) is 0.0774. The second-order valence-corrected chi connectivity index (χ2v) is 12.1. The maximum atomic E-state index is 13.0. The van der Waals surface area contributed by atoms with Crippen LogP contribution in [-0.4, -0.2) is 104 Å². The number of benzene rings is 1. The Bertz CT molecular complexity index is 1170. The van der Waals surface area contributed by atoms with Crippen molar-refractivity contribution in [1.29, 1.82) is 0 Å². The number of thioether (sulfide) groups is 1. The van der Waals surface area contributed by atoms with E-state index in [9.17, 15) is 34.8 Å². The Morgan fingerprint density at radius 1 is 1.24 bits per heavy atom. The fourth-order valence-corrected chi connectivity index (χ4v) is 6.03. The molecule has 2 heterocycles. The molecule has 6 atom stereocenters. The first-order chi connectivity index (χ1) is 19.5. The summed E-state index contributed by atoms with van der Waals surface area (Å²) in [5.41, 5.74) is 0.917. The maximum Gasteiger partial charge on any atom is 0.364 e. The standard InChI is InChI=1S/C27H37N3O9S2/c1-3-40-13-7-12-38-27(26(36)37)14-18(32)22(29-16(2)31)24(39-27)23(34)19(33)15-30(28)25(35)21-11-10-20(41-21)17-8-5-4-6-9-17/h4-6,8-11,18-19,22-24,32-34H,3,7,12-15,28H2,1-2H3,(H,29,31)(H,36,37)/t18-,19+,22+,23+,24+,27+/m0/s1. The van der Waals surface area contributed by atoms with Crippen molar-refractivity contribution in [3.8, 4) is 10.4 Å². The van der Waals surface area contributed by atoms with Gasteiger partial charge in [-0.1, -0.05) is 37.3 Å². The number of nitrogens with two attached hydrogens (primary N) is 1. The van der Waals surface area contributed by atoms with E-state index < -0.39 is 67.0 Å². The molecule has 12 nitrogen and oxygen atoms in total. The minimum absolute atomic E-state index is 0.000937. The number of amides is 2. The highest BCUT2D eigenvalue weighted by Gasteiger charge is 2.55. The van der Waals surface area contributed by atoms with Crippen molar-refractivity contribution in [2.75, 3.05) is 24.7 Å². The summed E-state index contributed by atoms with van der Waals surface area (Å²) >= 11 is 2.85. The van der Waals surface area contributed by atoms with Gasteiger partial charge in [0.05, 0.1) is 30.2 Å². The van der Waals surface area contributed by atoms with Gasteiger partial charge < -0.3 is 35.2 Å². The molecule has 14 heteroatoms. The van der Waals surface area contributed by atoms with Crippen LogP contribution in [0.25, 0.3) is 10.4 Å². The molecular formula is C27H37N3O9S2. The van der Waals surface area contributed by atoms with Crippen LogP contribution in [0.1, 0.15) is 36.4 Å². The number of aliphatic hydroxyl groups excluding tert-OH is 3. The molecule has 226 valence electrons. The minimum atomic E-state index is -2.33. The van der Waals surface area contributed by atoms with Crippen molar-refractivity contribution in [1.82, 2.24) is 10.3 Å². The lowest BCUT2D eigenvalue weighted by molar-refractivity contribution is -0.310. The first-order valence-electron chi connectivity index (χ1n) is 13.1. The molecule has 1 aromatic heterocycles. The van der Waals surface area contributed by atoms with E-state index in [1.807, 2.05) is 37.3 Å². The van der Waals surface area contributed by atoms with E-state index in [1.165, 1.54) is 18.3 Å². The van der Waals surface area contributed by atoms with Crippen molar-refractivity contribution in [2.45, 2.75) is 62.9 Å². The second-order valence-electron chi connectivity index (χ2n) is 9.58. The summed E-state index contributed by atoms with van der Waals surface area (Å²) in [6.45, 7) is 2.61. The number of nitrogens with one attached hydrogen (secondary N) is 1. The Balaban J connectivity index is 1.74. The lowest BCUT2D eigenvalue weighted by atomic mass is 9.88. The molecular weight excluding hydrogens is 574 g/mol. The Morgan fingerprint density at radius 2 is 1.95 bits per heavy atom. The number of hydrogen-bond donors (Lipinski definition) is 6. The molecule has 1 fully saturated rings. The lowest BCUT2D eigenvalue weighted by Crippen LogP contribution is -2.68. The number of carbonyl (C=O) groups is 3. The van der Waals surface area contributed by atoms with E-state index in [0.717, 1.165) is 21.2 Å². The summed E-state index contributed by atoms with van der Waals surface area (Å²) in [5, 5.41) is 45.9. The van der Waals surface area contributed by atoms with Crippen LogP contribution in [-0.2, 0) is 19.1 Å². The lowest BCUT2D eigenvalue weighted by Gasteiger charge is -2.46. The highest BCUT2D eigenvalue weighted by molar-refractivity contribution is 7.99. The van der Waals surface area contributed by atoms with E-state index in [2.05, 4.69) is 5.32 Å². The third kappa shape index (κ3) is 8.49. The van der Waals surface area contributed by atoms with Crippen LogP contribution in [0.3, 0.4) is 0 Å². The van der Waals surface area contributed by atoms with Crippen molar-refractivity contribution in [2.24, 2.45) is 5.84 Å². The zero-order valence-electron chi connectivity index (χ0n) is 22.8. The van der Waals surface area contributed by atoms with Gasteiger partial charge >= 0.3 is 5.97 Å². The van der Waals surface area contributed by atoms with Crippen LogP contribution in [0.2, 0.25) is 0 Å². The van der Waals surface area contributed by atoms with Crippen LogP contribution >= 0.6 is 23.1 Å². The number of ether oxygens (including phenoxy) is 2. The molecule has 2 aromatic rings. The van der Waals surface area contributed by atoms with Gasteiger partial charge in [-0.15, -0.1) is 11.3 Å². The van der Waals surface area contributed by atoms with Gasteiger partial charge in [-0.3, -0.25) is 14.6 Å². The zero-order chi connectivity index (χ0) is 30.2. The second kappa shape index (κ2) is 15.1. The molecule has 0 radical (unpaired) electrons. The Labute approximate surface area is 246 Å². The van der Waals surface area contributed by atoms with E-state index >= 15 is 0 Å². The Morgan fingerprint density at radius 3 is 2.59 bits per heavy atom. The number of carbonyl (C=O) groups excluding carboxylic acids is 2. The van der Waals surface area contributed by atoms with Gasteiger partial charge in [0.15, 0.2) is 0 Å². The van der Waals surface area contributed by atoms with Crippen molar-refractivity contribution in [3.63, 3.8) is 0 Å². The van der Waals surface area contributed by atoms with Gasteiger partial charge in [0.2, 0.25) is 5.91 Å². The average molecular weight is 612 g/mol. The van der Waals surface area contributed by atoms with Gasteiger partial charge in [0.25, 0.3) is 11.7 Å². The van der Waals surface area contributed by atoms with Crippen molar-refractivity contribution in [3.05, 3.63) is 47.3 Å². The fraction of sp³-hybridized carbons (Fsp3) is 0.519. The topological polar surface area (TPSA) is 192 Å². The molecule has 0 bridgehead atoms. The smallest absolute Gasteiger partial charge is 0.364 e. The molecule has 2 amide bonds. The number of nitrogens with zero attached hydrogens (tertiary/aromatic N) is 1. The first kappa shape index (κ1) is 32.9. The molecule has 1 aromatic carbocycles. The summed E-state index contributed by atoms with van der Waals surface area (Å²) in [4.78, 5) is 38.2. The molecule has 0 saturated carbocycles. The number of hydrazine groups is 1. The summed E-state index contributed by atoms with van der Waals surface area (Å²) in [7, 11) is 0. The number of thiophene rings is 1. The van der Waals surface area contributed by atoms with Crippen molar-refractivity contribution < 1.29 is 44.3 Å². The normalized spacial score (nSPS) is 23.9. The highest BCUT2D eigenvalue weighted by atomic mass is 32.2. The summed E-state index contributed by atoms with van der Waals surface area (Å²) in [6, 6.07) is 11.5. The number of aliphatic hydroxyl groups is 3. The summed E-state index contributed by atoms with van der Waals surface area (Å²) in [6.07, 6.45) is -6.75. The molecule has 1 aliphatic heterocycles. The van der Waals surface area contributed by atoms with E-state index in [1.54, 1.807) is 23.9 Å². The van der Waals surface area contributed by atoms with Crippen LogP contribution in [0.5, 0.6) is 0 Å². The van der Waals surface area contributed by atoms with Gasteiger partial charge in [0.1, 0.15) is 18.3 Å². The monoisotopic (exact) mass is 611 g/mol. The SMILES string of the molecule is CCSCCCO[C@]1(C(=O)O)C[C@H](O)[C@@H](NC(C)=O)[C@H]([C@H](O)[C@H](O)CN(N)C(=O)c2ccc(-c3ccccc3)s2)O1. The van der Waals surface area contributed by atoms with Gasteiger partial charge in [-0.25, -0.2) is 10.6 Å². The Kier molecular flexibility index (Phi) is 12.1. The summed E-state index contributed by atoms with van der Waals surface area (Å²) < 4.78 is 11.3. The van der Waals surface area contributed by atoms with Crippen LogP contribution in [0.4, 0.5) is 0 Å². The maximum absolute atomic E-state index is 13.0. The molecule has 0 spiro atoms. The van der Waals surface area contributed by atoms with E-state index in [-0.39, 0.29) is 6.61 Å². The average Bonchev–Trinajstić information content (AvgIpc) is 3.44. The van der Waals surface area contributed by atoms with Gasteiger partial charge in [0, 0.05) is 18.2 Å². The zero-order valence-corrected chi connectivity index (χ0v) is 24.5. The number of aliphatic carboxylic acids is 1. The predicted octanol–water partition coefficient (Wildman–Crippen LogP) is 1.05. The third-order valence-electron chi connectivity index (χ3n) is 6.49. The largest absolute Gasteiger partial charge is 0.477 e. The number of carboxylic acids is 1. The van der Waals surface area contributed by atoms with Crippen LogP contribution in [0, 0.1) is 0 Å². The van der Waals surface area contributed by atoms with E-state index in [4.69, 9.17) is 15.3 Å². The van der Waals surface area contributed by atoms with Gasteiger partial charge in [-0.05, 0) is 35.6 Å². The minimum Gasteiger partial charge on any atom is -0.477 e. The molecule has 3 rings (SSSR count). The first-order valence-corrected chi connectivity index (χ1v) is 15.1. The predicted molar refractivity (Wildman–Crippen MR) is 154 cm³/mol. The molecule has 1 saturated heterocycles. The number of carboxylic acid groups (broad SMARTS) is 1.